The summed E-state index contributed by atoms with van der Waals surface area (Å²) in [7, 11) is 0. The Bertz CT molecular complexity index is 4020. The van der Waals surface area contributed by atoms with E-state index in [9.17, 15) is 0 Å². The van der Waals surface area contributed by atoms with Crippen LogP contribution in [0.3, 0.4) is 0 Å². The molecular formula is C68H45NO. The second kappa shape index (κ2) is 17.4. The van der Waals surface area contributed by atoms with Crippen LogP contribution < -0.4 is 4.90 Å². The van der Waals surface area contributed by atoms with Crippen molar-refractivity contribution in [3.05, 3.63) is 273 Å². The summed E-state index contributed by atoms with van der Waals surface area (Å²) < 4.78 is 6.25. The molecule has 328 valence electrons. The van der Waals surface area contributed by atoms with Gasteiger partial charge in [0, 0.05) is 28.0 Å². The van der Waals surface area contributed by atoms with Gasteiger partial charge in [-0.05, 0) is 155 Å². The molecule has 1 aromatic heterocycles. The summed E-state index contributed by atoms with van der Waals surface area (Å²) in [5.74, 6) is 0.873. The molecule has 0 N–H and O–H groups in total. The molecular weight excluding hydrogens is 847 g/mol. The fraction of sp³-hybridized carbons (Fsp3) is 0. The predicted octanol–water partition coefficient (Wildman–Crippen LogP) is 19.4. The Kier molecular flexibility index (Phi) is 10.2. The number of furan rings is 1. The number of hydrogen-bond acceptors (Lipinski definition) is 2. The van der Waals surface area contributed by atoms with Crippen LogP contribution >= 0.6 is 0 Å². The van der Waals surface area contributed by atoms with Gasteiger partial charge in [0.2, 0.25) is 0 Å². The third-order valence-corrected chi connectivity index (χ3v) is 13.9. The van der Waals surface area contributed by atoms with Crippen molar-refractivity contribution in [2.24, 2.45) is 0 Å². The van der Waals surface area contributed by atoms with E-state index in [-0.39, 0.29) is 0 Å². The molecule has 0 atom stereocenters. The van der Waals surface area contributed by atoms with Crippen molar-refractivity contribution in [3.63, 3.8) is 0 Å². The van der Waals surface area contributed by atoms with Gasteiger partial charge in [-0.15, -0.1) is 0 Å². The number of fused-ring (bicyclic) bond motifs is 5. The summed E-state index contributed by atoms with van der Waals surface area (Å²) in [6.45, 7) is 0. The molecule has 0 aliphatic rings. The Balaban J connectivity index is 0.890. The quantitative estimate of drug-likeness (QED) is 0.134. The van der Waals surface area contributed by atoms with E-state index in [1.165, 1.54) is 71.3 Å². The van der Waals surface area contributed by atoms with E-state index in [0.29, 0.717) is 0 Å². The number of hydrogen-bond donors (Lipinski definition) is 0. The molecule has 0 saturated heterocycles. The predicted molar refractivity (Wildman–Crippen MR) is 296 cm³/mol. The van der Waals surface area contributed by atoms with Crippen LogP contribution in [0.4, 0.5) is 17.1 Å². The highest BCUT2D eigenvalue weighted by Gasteiger charge is 2.18. The monoisotopic (exact) mass is 891 g/mol. The molecule has 70 heavy (non-hydrogen) atoms. The Hall–Kier alpha value is -9.24. The van der Waals surface area contributed by atoms with Crippen molar-refractivity contribution in [2.75, 3.05) is 4.90 Å². The first kappa shape index (κ1) is 41.0. The molecule has 0 saturated carbocycles. The normalized spacial score (nSPS) is 11.4. The molecule has 0 spiro atoms. The first-order valence-electron chi connectivity index (χ1n) is 24.0. The molecule has 2 heteroatoms. The lowest BCUT2D eigenvalue weighted by molar-refractivity contribution is 0.631. The molecule has 0 bridgehead atoms. The van der Waals surface area contributed by atoms with Crippen molar-refractivity contribution in [2.45, 2.75) is 0 Å². The topological polar surface area (TPSA) is 16.4 Å². The first-order valence-corrected chi connectivity index (χ1v) is 24.0. The Morgan fingerprint density at radius 3 is 1.43 bits per heavy atom. The average Bonchev–Trinajstić information content (AvgIpc) is 3.88. The fourth-order valence-electron chi connectivity index (χ4n) is 10.4. The highest BCUT2D eigenvalue weighted by Crippen LogP contribution is 2.43. The number of benzene rings is 12. The summed E-state index contributed by atoms with van der Waals surface area (Å²) in [5.41, 5.74) is 17.1. The SMILES string of the molecule is c1ccc(-c2ccccc2-c2ccccc2-c2ccc(N(c3ccc(-c4cc5ccccc5c5ccccc45)cc3)c3ccc4cc(-c5cccc(-c6cc7ccccc7o6)c5)ccc4c3)cc2)cc1. The Morgan fingerprint density at radius 2 is 0.714 bits per heavy atom. The maximum Gasteiger partial charge on any atom is 0.135 e. The number of nitrogens with zero attached hydrogens (tertiary/aromatic N) is 1. The summed E-state index contributed by atoms with van der Waals surface area (Å²) in [5, 5.41) is 8.49. The van der Waals surface area contributed by atoms with Gasteiger partial charge in [-0.2, -0.15) is 0 Å². The van der Waals surface area contributed by atoms with Gasteiger partial charge >= 0.3 is 0 Å². The van der Waals surface area contributed by atoms with E-state index >= 15 is 0 Å². The van der Waals surface area contributed by atoms with Gasteiger partial charge in [-0.3, -0.25) is 0 Å². The zero-order chi connectivity index (χ0) is 46.4. The van der Waals surface area contributed by atoms with E-state index in [1.54, 1.807) is 0 Å². The van der Waals surface area contributed by atoms with Crippen LogP contribution in [0.1, 0.15) is 0 Å². The van der Waals surface area contributed by atoms with Gasteiger partial charge in [0.1, 0.15) is 11.3 Å². The second-order valence-electron chi connectivity index (χ2n) is 18.1. The Morgan fingerprint density at radius 1 is 0.229 bits per heavy atom. The molecule has 0 unspecified atom stereocenters. The lowest BCUT2D eigenvalue weighted by Gasteiger charge is -2.26. The van der Waals surface area contributed by atoms with Crippen LogP contribution in [0.5, 0.6) is 0 Å². The average molecular weight is 892 g/mol. The van der Waals surface area contributed by atoms with Gasteiger partial charge in [0.15, 0.2) is 0 Å². The van der Waals surface area contributed by atoms with Gasteiger partial charge in [-0.1, -0.05) is 206 Å². The fourth-order valence-corrected chi connectivity index (χ4v) is 10.4. The van der Waals surface area contributed by atoms with Crippen LogP contribution in [0.2, 0.25) is 0 Å². The van der Waals surface area contributed by atoms with Crippen molar-refractivity contribution >= 4 is 60.3 Å². The first-order chi connectivity index (χ1) is 34.7. The molecule has 0 fully saturated rings. The highest BCUT2D eigenvalue weighted by molar-refractivity contribution is 6.14. The zero-order valence-corrected chi connectivity index (χ0v) is 38.3. The molecule has 1 heterocycles. The van der Waals surface area contributed by atoms with Crippen molar-refractivity contribution in [3.8, 4) is 67.0 Å². The van der Waals surface area contributed by atoms with E-state index in [0.717, 1.165) is 56.0 Å². The maximum absolute atomic E-state index is 6.25. The molecule has 13 rings (SSSR count). The molecule has 12 aromatic carbocycles. The van der Waals surface area contributed by atoms with Crippen LogP contribution in [-0.4, -0.2) is 0 Å². The van der Waals surface area contributed by atoms with E-state index < -0.39 is 0 Å². The molecule has 2 nitrogen and oxygen atoms in total. The van der Waals surface area contributed by atoms with Gasteiger partial charge in [0.05, 0.1) is 0 Å². The lowest BCUT2D eigenvalue weighted by atomic mass is 9.89. The van der Waals surface area contributed by atoms with Crippen molar-refractivity contribution < 1.29 is 4.42 Å². The van der Waals surface area contributed by atoms with Gasteiger partial charge in [0.25, 0.3) is 0 Å². The summed E-state index contributed by atoms with van der Waals surface area (Å²) in [6.07, 6.45) is 0. The molecule has 0 aliphatic carbocycles. The summed E-state index contributed by atoms with van der Waals surface area (Å²) in [4.78, 5) is 2.38. The third-order valence-electron chi connectivity index (χ3n) is 13.9. The number of anilines is 3. The second-order valence-corrected chi connectivity index (χ2v) is 18.1. The zero-order valence-electron chi connectivity index (χ0n) is 38.3. The molecule has 13 aromatic rings. The number of para-hydroxylation sites is 1. The Labute approximate surface area is 407 Å². The smallest absolute Gasteiger partial charge is 0.135 e. The van der Waals surface area contributed by atoms with E-state index in [4.69, 9.17) is 4.42 Å². The van der Waals surface area contributed by atoms with E-state index in [1.807, 2.05) is 18.2 Å². The minimum atomic E-state index is 0.873. The number of rotatable bonds is 9. The minimum Gasteiger partial charge on any atom is -0.456 e. The standard InChI is InChI=1S/C68H45NO/c1-2-15-46(16-3-1)59-21-7-9-24-62(59)63-25-10-8-22-60(63)47-31-36-56(37-32-47)69(57-38-33-48(34-39-57)66-44-53-17-4-6-23-61(53)64-26-11-12-27-65(64)66)58-40-35-51-41-50(29-30-52(51)43-58)49-19-14-20-54(42-49)68-45-55-18-5-13-28-67(55)70-68/h1-45H. The molecule has 0 amide bonds. The van der Waals surface area contributed by atoms with E-state index in [2.05, 4.69) is 260 Å². The molecule has 0 radical (unpaired) electrons. The molecule has 0 aliphatic heterocycles. The lowest BCUT2D eigenvalue weighted by Crippen LogP contribution is -2.10. The van der Waals surface area contributed by atoms with Gasteiger partial charge in [-0.25, -0.2) is 0 Å². The van der Waals surface area contributed by atoms with Crippen LogP contribution in [0, 0.1) is 0 Å². The minimum absolute atomic E-state index is 0.873. The maximum atomic E-state index is 6.25. The van der Waals surface area contributed by atoms with Gasteiger partial charge < -0.3 is 9.32 Å². The highest BCUT2D eigenvalue weighted by atomic mass is 16.3. The van der Waals surface area contributed by atoms with Crippen LogP contribution in [-0.2, 0) is 0 Å². The van der Waals surface area contributed by atoms with Crippen molar-refractivity contribution in [1.82, 2.24) is 0 Å². The third kappa shape index (κ3) is 7.49. The largest absolute Gasteiger partial charge is 0.456 e. The van der Waals surface area contributed by atoms with Crippen molar-refractivity contribution in [1.29, 1.82) is 0 Å². The van der Waals surface area contributed by atoms with Crippen LogP contribution in [0.25, 0.3) is 110 Å². The summed E-state index contributed by atoms with van der Waals surface area (Å²) in [6, 6.07) is 98.7. The van der Waals surface area contributed by atoms with Crippen LogP contribution in [0.15, 0.2) is 277 Å². The summed E-state index contributed by atoms with van der Waals surface area (Å²) >= 11 is 0.